The molecule has 2 aromatic rings. The summed E-state index contributed by atoms with van der Waals surface area (Å²) in [5.41, 5.74) is 2.52. The van der Waals surface area contributed by atoms with Crippen LogP contribution in [0.4, 0.5) is 5.69 Å². The fourth-order valence-corrected chi connectivity index (χ4v) is 4.48. The van der Waals surface area contributed by atoms with Crippen molar-refractivity contribution in [2.24, 2.45) is 0 Å². The molecule has 0 aromatic heterocycles. The average Bonchev–Trinajstić information content (AvgIpc) is 2.83. The highest BCUT2D eigenvalue weighted by molar-refractivity contribution is 5.98. The smallest absolute Gasteiger partial charge is 0.342 e. The third-order valence-electron chi connectivity index (χ3n) is 6.05. The molecule has 1 aliphatic rings. The Morgan fingerprint density at radius 1 is 1.03 bits per heavy atom. The monoisotopic (exact) mass is 480 g/mol. The van der Waals surface area contributed by atoms with Gasteiger partial charge >= 0.3 is 5.97 Å². The molecule has 2 aromatic carbocycles. The van der Waals surface area contributed by atoms with Crippen LogP contribution in [0, 0.1) is 0 Å². The second kappa shape index (κ2) is 12.1. The van der Waals surface area contributed by atoms with E-state index in [1.807, 2.05) is 33.8 Å². The third-order valence-corrected chi connectivity index (χ3v) is 6.05. The number of carbonyl (C=O) groups is 2. The molecule has 0 radical (unpaired) electrons. The lowest BCUT2D eigenvalue weighted by Gasteiger charge is -2.32. The number of carbonyl (C=O) groups excluding carboxylic acids is 2. The fourth-order valence-electron chi connectivity index (χ4n) is 4.48. The number of nitrogens with zero attached hydrogens (tertiary/aromatic N) is 1. The highest BCUT2D eigenvalue weighted by Crippen LogP contribution is 2.32. The molecule has 1 aliphatic heterocycles. The summed E-state index contributed by atoms with van der Waals surface area (Å²) in [5, 5.41) is 3.25. The minimum Gasteiger partial charge on any atom is -0.493 e. The van der Waals surface area contributed by atoms with Crippen molar-refractivity contribution in [3.05, 3.63) is 59.2 Å². The topological polar surface area (TPSA) is 67.9 Å². The van der Waals surface area contributed by atoms with Gasteiger partial charge in [0, 0.05) is 24.3 Å². The number of esters is 1. The van der Waals surface area contributed by atoms with Crippen LogP contribution in [-0.4, -0.2) is 37.2 Å². The number of ether oxygens (including phenoxy) is 2. The van der Waals surface area contributed by atoms with E-state index in [-0.39, 0.29) is 11.9 Å². The van der Waals surface area contributed by atoms with Gasteiger partial charge < -0.3 is 19.7 Å². The minimum absolute atomic E-state index is 0.105. The van der Waals surface area contributed by atoms with E-state index in [0.717, 1.165) is 31.5 Å². The molecule has 1 heterocycles. The second-order valence-electron chi connectivity index (χ2n) is 10.1. The Hall–Kier alpha value is -3.02. The molecule has 0 bridgehead atoms. The molecule has 1 N–H and O–H groups in total. The predicted octanol–water partition coefficient (Wildman–Crippen LogP) is 6.30. The van der Waals surface area contributed by atoms with E-state index in [9.17, 15) is 9.59 Å². The number of rotatable bonds is 9. The van der Waals surface area contributed by atoms with E-state index in [0.29, 0.717) is 23.5 Å². The zero-order valence-electron chi connectivity index (χ0n) is 21.9. The summed E-state index contributed by atoms with van der Waals surface area (Å²) in [4.78, 5) is 28.5. The Balaban J connectivity index is 1.85. The number of hydrogen-bond donors (Lipinski definition) is 1. The van der Waals surface area contributed by atoms with Crippen molar-refractivity contribution in [3.8, 4) is 5.75 Å². The number of benzene rings is 2. The van der Waals surface area contributed by atoms with Crippen LogP contribution in [0.1, 0.15) is 99.0 Å². The maximum Gasteiger partial charge on any atom is 0.342 e. The molecule has 1 amide bonds. The number of para-hydroxylation sites is 1. The Morgan fingerprint density at radius 3 is 2.40 bits per heavy atom. The lowest BCUT2D eigenvalue weighted by molar-refractivity contribution is 0.00657. The number of hydrogen-bond acceptors (Lipinski definition) is 5. The van der Waals surface area contributed by atoms with Crippen LogP contribution in [0.3, 0.4) is 0 Å². The van der Waals surface area contributed by atoms with Gasteiger partial charge in [-0.15, -0.1) is 0 Å². The Bertz CT molecular complexity index is 1010. The van der Waals surface area contributed by atoms with E-state index in [1.54, 1.807) is 18.2 Å². The zero-order valence-corrected chi connectivity index (χ0v) is 21.9. The molecule has 1 fully saturated rings. The molecule has 6 heteroatoms. The molecule has 3 rings (SSSR count). The first kappa shape index (κ1) is 26.6. The van der Waals surface area contributed by atoms with Gasteiger partial charge in [0.15, 0.2) is 0 Å². The second-order valence-corrected chi connectivity index (χ2v) is 10.1. The van der Waals surface area contributed by atoms with Crippen LogP contribution in [0.15, 0.2) is 42.5 Å². The van der Waals surface area contributed by atoms with Crippen molar-refractivity contribution >= 4 is 17.6 Å². The van der Waals surface area contributed by atoms with Crippen LogP contribution in [-0.2, 0) is 4.74 Å². The summed E-state index contributed by atoms with van der Waals surface area (Å²) < 4.78 is 11.2. The summed E-state index contributed by atoms with van der Waals surface area (Å²) in [5.74, 6) is -0.295. The Morgan fingerprint density at radius 2 is 1.74 bits per heavy atom. The van der Waals surface area contributed by atoms with Gasteiger partial charge in [-0.3, -0.25) is 4.79 Å². The maximum absolute atomic E-state index is 13.4. The first-order valence-electron chi connectivity index (χ1n) is 12.9. The molecule has 0 spiro atoms. The summed E-state index contributed by atoms with van der Waals surface area (Å²) in [7, 11) is 0. The molecule has 1 atom stereocenters. The molecule has 35 heavy (non-hydrogen) atoms. The van der Waals surface area contributed by atoms with E-state index in [1.165, 1.54) is 24.9 Å². The highest BCUT2D eigenvalue weighted by atomic mass is 16.6. The fraction of sp³-hybridized carbons (Fsp3) is 0.517. The van der Waals surface area contributed by atoms with Crippen LogP contribution in [0.5, 0.6) is 5.75 Å². The van der Waals surface area contributed by atoms with Gasteiger partial charge in [0.05, 0.1) is 12.6 Å². The quantitative estimate of drug-likeness (QED) is 0.427. The van der Waals surface area contributed by atoms with E-state index in [4.69, 9.17) is 9.47 Å². The Kier molecular flexibility index (Phi) is 9.19. The number of piperidine rings is 1. The van der Waals surface area contributed by atoms with Crippen LogP contribution >= 0.6 is 0 Å². The van der Waals surface area contributed by atoms with E-state index < -0.39 is 11.6 Å². The third kappa shape index (κ3) is 7.23. The highest BCUT2D eigenvalue weighted by Gasteiger charge is 2.24. The molecule has 0 saturated carbocycles. The summed E-state index contributed by atoms with van der Waals surface area (Å²) >= 11 is 0. The molecule has 1 unspecified atom stereocenters. The van der Waals surface area contributed by atoms with Gasteiger partial charge in [0.25, 0.3) is 5.91 Å². The van der Waals surface area contributed by atoms with Gasteiger partial charge in [-0.05, 0) is 83.2 Å². The summed E-state index contributed by atoms with van der Waals surface area (Å²) in [6, 6.07) is 13.2. The van der Waals surface area contributed by atoms with Crippen molar-refractivity contribution in [3.63, 3.8) is 0 Å². The predicted molar refractivity (Wildman–Crippen MR) is 140 cm³/mol. The van der Waals surface area contributed by atoms with Crippen LogP contribution in [0.25, 0.3) is 0 Å². The standard InChI is InChI=1S/C29H40N2O4/c1-6-13-24(22-14-9-10-15-25(22)31-18-11-8-12-19-31)30-27(32)21-16-17-23(26(20-21)34-7-2)28(33)35-29(3,4)5/h9-10,14-17,20,24H,6-8,11-13,18-19H2,1-5H3,(H,30,32). The minimum atomic E-state index is -0.619. The molecule has 0 aliphatic carbocycles. The normalized spacial score (nSPS) is 14.8. The first-order chi connectivity index (χ1) is 16.7. The van der Waals surface area contributed by atoms with Crippen molar-refractivity contribution in [2.45, 2.75) is 78.4 Å². The van der Waals surface area contributed by atoms with Gasteiger partial charge in [-0.25, -0.2) is 4.79 Å². The van der Waals surface area contributed by atoms with Gasteiger partial charge in [-0.1, -0.05) is 31.5 Å². The molecular formula is C29H40N2O4. The van der Waals surface area contributed by atoms with Crippen LogP contribution < -0.4 is 15.0 Å². The Labute approximate surface area is 210 Å². The zero-order chi connectivity index (χ0) is 25.4. The number of anilines is 1. The molecule has 1 saturated heterocycles. The SMILES string of the molecule is CCCC(NC(=O)c1ccc(C(=O)OC(C)(C)C)c(OCC)c1)c1ccccc1N1CCCCC1. The van der Waals surface area contributed by atoms with Crippen molar-refractivity contribution in [1.29, 1.82) is 0 Å². The van der Waals surface area contributed by atoms with E-state index in [2.05, 4.69) is 35.3 Å². The molecular weight excluding hydrogens is 440 g/mol. The molecule has 6 nitrogen and oxygen atoms in total. The lowest BCUT2D eigenvalue weighted by Crippen LogP contribution is -2.33. The van der Waals surface area contributed by atoms with Gasteiger partial charge in [0.2, 0.25) is 0 Å². The van der Waals surface area contributed by atoms with Gasteiger partial charge in [-0.2, -0.15) is 0 Å². The van der Waals surface area contributed by atoms with Crippen molar-refractivity contribution in [2.75, 3.05) is 24.6 Å². The van der Waals surface area contributed by atoms with Gasteiger partial charge in [0.1, 0.15) is 16.9 Å². The molecule has 190 valence electrons. The lowest BCUT2D eigenvalue weighted by atomic mass is 9.97. The average molecular weight is 481 g/mol. The first-order valence-corrected chi connectivity index (χ1v) is 12.9. The maximum atomic E-state index is 13.4. The van der Waals surface area contributed by atoms with Crippen LogP contribution in [0.2, 0.25) is 0 Å². The largest absolute Gasteiger partial charge is 0.493 e. The van der Waals surface area contributed by atoms with Crippen molar-refractivity contribution < 1.29 is 19.1 Å². The summed E-state index contributed by atoms with van der Waals surface area (Å²) in [6.45, 7) is 11.9. The summed E-state index contributed by atoms with van der Waals surface area (Å²) in [6.07, 6.45) is 5.45. The van der Waals surface area contributed by atoms with Crippen molar-refractivity contribution in [1.82, 2.24) is 5.32 Å². The van der Waals surface area contributed by atoms with E-state index >= 15 is 0 Å². The number of nitrogens with one attached hydrogen (secondary N) is 1. The number of amides is 1.